The maximum atomic E-state index is 5.72. The minimum absolute atomic E-state index is 0.103. The van der Waals surface area contributed by atoms with Gasteiger partial charge < -0.3 is 9.47 Å². The first-order valence-corrected chi connectivity index (χ1v) is 5.22. The minimum Gasteiger partial charge on any atom is -0.373 e. The van der Waals surface area contributed by atoms with E-state index in [9.17, 15) is 0 Å². The molecule has 0 heterocycles. The second-order valence-corrected chi connectivity index (χ2v) is 4.80. The summed E-state index contributed by atoms with van der Waals surface area (Å²) in [7, 11) is 0. The van der Waals surface area contributed by atoms with Crippen molar-refractivity contribution in [3.63, 3.8) is 0 Å². The molecule has 0 aliphatic rings. The number of hydrogen-bond donors (Lipinski definition) is 0. The Kier molecular flexibility index (Phi) is 5.38. The van der Waals surface area contributed by atoms with Gasteiger partial charge in [-0.1, -0.05) is 13.0 Å². The Morgan fingerprint density at radius 3 is 2.07 bits per heavy atom. The van der Waals surface area contributed by atoms with E-state index in [2.05, 4.69) is 41.2 Å². The van der Waals surface area contributed by atoms with Crippen molar-refractivity contribution in [3.05, 3.63) is 12.7 Å². The predicted molar refractivity (Wildman–Crippen MR) is 60.6 cm³/mol. The first kappa shape index (κ1) is 13.7. The van der Waals surface area contributed by atoms with Crippen molar-refractivity contribution in [2.24, 2.45) is 0 Å². The summed E-state index contributed by atoms with van der Waals surface area (Å²) in [6, 6.07) is 0. The Labute approximate surface area is 88.3 Å². The third-order valence-electron chi connectivity index (χ3n) is 2.11. The van der Waals surface area contributed by atoms with Crippen LogP contribution in [0.4, 0.5) is 0 Å². The third kappa shape index (κ3) is 6.17. The standard InChI is InChI=1S/C12H24O2/c1-7-9-13-12(6,8-2)10-14-11(3,4)5/h7H,1,8-10H2,2-6H3. The Bertz CT molecular complexity index is 170. The lowest BCUT2D eigenvalue weighted by Crippen LogP contribution is -2.37. The molecule has 0 saturated heterocycles. The molecular weight excluding hydrogens is 176 g/mol. The molecule has 0 amide bonds. The minimum atomic E-state index is -0.193. The van der Waals surface area contributed by atoms with E-state index in [4.69, 9.17) is 9.47 Å². The predicted octanol–water partition coefficient (Wildman–Crippen LogP) is 3.17. The molecule has 0 saturated carbocycles. The van der Waals surface area contributed by atoms with Crippen LogP contribution in [0.1, 0.15) is 41.0 Å². The average Bonchev–Trinajstić information content (AvgIpc) is 2.10. The smallest absolute Gasteiger partial charge is 0.0888 e. The highest BCUT2D eigenvalue weighted by Crippen LogP contribution is 2.19. The Morgan fingerprint density at radius 2 is 1.71 bits per heavy atom. The molecule has 84 valence electrons. The van der Waals surface area contributed by atoms with Gasteiger partial charge in [-0.05, 0) is 34.1 Å². The highest BCUT2D eigenvalue weighted by molar-refractivity contribution is 4.77. The summed E-state index contributed by atoms with van der Waals surface area (Å²) in [6.07, 6.45) is 2.71. The van der Waals surface area contributed by atoms with Gasteiger partial charge in [-0.3, -0.25) is 0 Å². The van der Waals surface area contributed by atoms with Crippen molar-refractivity contribution < 1.29 is 9.47 Å². The lowest BCUT2D eigenvalue weighted by atomic mass is 10.0. The second kappa shape index (κ2) is 5.52. The van der Waals surface area contributed by atoms with E-state index in [-0.39, 0.29) is 11.2 Å². The Morgan fingerprint density at radius 1 is 1.14 bits per heavy atom. The van der Waals surface area contributed by atoms with Gasteiger partial charge in [0.05, 0.1) is 24.4 Å². The van der Waals surface area contributed by atoms with E-state index in [1.54, 1.807) is 6.08 Å². The van der Waals surface area contributed by atoms with Crippen molar-refractivity contribution in [3.8, 4) is 0 Å². The van der Waals surface area contributed by atoms with Crippen LogP contribution in [0, 0.1) is 0 Å². The first-order chi connectivity index (χ1) is 6.33. The molecular formula is C12H24O2. The summed E-state index contributed by atoms with van der Waals surface area (Å²) in [4.78, 5) is 0. The molecule has 1 atom stereocenters. The van der Waals surface area contributed by atoms with E-state index in [0.29, 0.717) is 13.2 Å². The van der Waals surface area contributed by atoms with Gasteiger partial charge in [0.25, 0.3) is 0 Å². The van der Waals surface area contributed by atoms with Gasteiger partial charge in [-0.2, -0.15) is 0 Å². The van der Waals surface area contributed by atoms with Crippen molar-refractivity contribution in [1.82, 2.24) is 0 Å². The Balaban J connectivity index is 4.04. The molecule has 0 bridgehead atoms. The van der Waals surface area contributed by atoms with Gasteiger partial charge >= 0.3 is 0 Å². The molecule has 1 unspecified atom stereocenters. The average molecular weight is 200 g/mol. The van der Waals surface area contributed by atoms with Gasteiger partial charge in [0, 0.05) is 0 Å². The first-order valence-electron chi connectivity index (χ1n) is 5.22. The topological polar surface area (TPSA) is 18.5 Å². The third-order valence-corrected chi connectivity index (χ3v) is 2.11. The maximum absolute atomic E-state index is 5.72. The van der Waals surface area contributed by atoms with Gasteiger partial charge in [-0.15, -0.1) is 6.58 Å². The molecule has 2 nitrogen and oxygen atoms in total. The summed E-state index contributed by atoms with van der Waals surface area (Å²) >= 11 is 0. The number of rotatable bonds is 6. The van der Waals surface area contributed by atoms with E-state index in [0.717, 1.165) is 6.42 Å². The molecule has 0 aliphatic carbocycles. The van der Waals surface area contributed by atoms with Gasteiger partial charge in [0.15, 0.2) is 0 Å². The van der Waals surface area contributed by atoms with Crippen LogP contribution >= 0.6 is 0 Å². The fourth-order valence-electron chi connectivity index (χ4n) is 0.875. The normalized spacial score (nSPS) is 16.4. The summed E-state index contributed by atoms with van der Waals surface area (Å²) in [6.45, 7) is 15.2. The molecule has 0 aliphatic heterocycles. The summed E-state index contributed by atoms with van der Waals surface area (Å²) < 4.78 is 11.4. The largest absolute Gasteiger partial charge is 0.373 e. The van der Waals surface area contributed by atoms with Crippen LogP contribution < -0.4 is 0 Å². The number of hydrogen-bond acceptors (Lipinski definition) is 2. The highest BCUT2D eigenvalue weighted by atomic mass is 16.6. The fraction of sp³-hybridized carbons (Fsp3) is 0.833. The maximum Gasteiger partial charge on any atom is 0.0888 e. The molecule has 0 fully saturated rings. The SMILES string of the molecule is C=CCOC(C)(CC)COC(C)(C)C. The lowest BCUT2D eigenvalue weighted by Gasteiger charge is -2.31. The van der Waals surface area contributed by atoms with Crippen LogP contribution in [0.5, 0.6) is 0 Å². The van der Waals surface area contributed by atoms with E-state index >= 15 is 0 Å². The van der Waals surface area contributed by atoms with E-state index in [1.807, 2.05) is 0 Å². The molecule has 0 N–H and O–H groups in total. The molecule has 0 radical (unpaired) electrons. The Hall–Kier alpha value is -0.340. The highest BCUT2D eigenvalue weighted by Gasteiger charge is 2.25. The van der Waals surface area contributed by atoms with Gasteiger partial charge in [0.1, 0.15) is 0 Å². The van der Waals surface area contributed by atoms with Crippen LogP contribution in [-0.2, 0) is 9.47 Å². The zero-order valence-electron chi connectivity index (χ0n) is 10.2. The zero-order valence-corrected chi connectivity index (χ0v) is 10.2. The van der Waals surface area contributed by atoms with Crippen LogP contribution in [-0.4, -0.2) is 24.4 Å². The van der Waals surface area contributed by atoms with Gasteiger partial charge in [-0.25, -0.2) is 0 Å². The second-order valence-electron chi connectivity index (χ2n) is 4.80. The zero-order chi connectivity index (χ0) is 11.2. The van der Waals surface area contributed by atoms with Crippen LogP contribution in [0.25, 0.3) is 0 Å². The molecule has 0 aromatic rings. The molecule has 14 heavy (non-hydrogen) atoms. The fourth-order valence-corrected chi connectivity index (χ4v) is 0.875. The van der Waals surface area contributed by atoms with Crippen LogP contribution in [0.2, 0.25) is 0 Å². The lowest BCUT2D eigenvalue weighted by molar-refractivity contribution is -0.118. The molecule has 2 heteroatoms. The molecule has 0 spiro atoms. The van der Waals surface area contributed by atoms with Crippen molar-refractivity contribution in [2.45, 2.75) is 52.2 Å². The molecule has 0 aromatic carbocycles. The van der Waals surface area contributed by atoms with Crippen molar-refractivity contribution >= 4 is 0 Å². The van der Waals surface area contributed by atoms with Crippen LogP contribution in [0.15, 0.2) is 12.7 Å². The number of ether oxygens (including phenoxy) is 2. The van der Waals surface area contributed by atoms with Crippen LogP contribution in [0.3, 0.4) is 0 Å². The quantitative estimate of drug-likeness (QED) is 0.613. The van der Waals surface area contributed by atoms with E-state index in [1.165, 1.54) is 0 Å². The molecule has 0 aromatic heterocycles. The summed E-state index contributed by atoms with van der Waals surface area (Å²) in [5.41, 5.74) is -0.296. The summed E-state index contributed by atoms with van der Waals surface area (Å²) in [5, 5.41) is 0. The summed E-state index contributed by atoms with van der Waals surface area (Å²) in [5.74, 6) is 0. The van der Waals surface area contributed by atoms with E-state index < -0.39 is 0 Å². The van der Waals surface area contributed by atoms with Gasteiger partial charge in [0.2, 0.25) is 0 Å². The molecule has 0 rings (SSSR count). The van der Waals surface area contributed by atoms with Crippen molar-refractivity contribution in [1.29, 1.82) is 0 Å². The van der Waals surface area contributed by atoms with Crippen molar-refractivity contribution in [2.75, 3.05) is 13.2 Å². The monoisotopic (exact) mass is 200 g/mol.